The number of hydrogen-bond donors (Lipinski definition) is 0. The Morgan fingerprint density at radius 2 is 1.16 bits per heavy atom. The van der Waals surface area contributed by atoms with Gasteiger partial charge in [0, 0.05) is 41.2 Å². The van der Waals surface area contributed by atoms with Crippen LogP contribution in [-0.4, -0.2) is 59.5 Å². The molecule has 0 aliphatic rings. The van der Waals surface area contributed by atoms with Gasteiger partial charge in [0.2, 0.25) is 0 Å². The van der Waals surface area contributed by atoms with Crippen molar-refractivity contribution in [2.75, 3.05) is 41.2 Å². The van der Waals surface area contributed by atoms with E-state index in [1.54, 1.807) is 27.0 Å². The van der Waals surface area contributed by atoms with Crippen molar-refractivity contribution in [2.24, 2.45) is 0 Å². The highest BCUT2D eigenvalue weighted by Crippen LogP contribution is 2.10. The van der Waals surface area contributed by atoms with Gasteiger partial charge in [-0.25, -0.2) is 0 Å². The first-order valence-electron chi connectivity index (χ1n) is 6.23. The molecule has 0 heterocycles. The van der Waals surface area contributed by atoms with E-state index in [0.717, 1.165) is 0 Å². The van der Waals surface area contributed by atoms with Crippen LogP contribution in [0.4, 0.5) is 0 Å². The summed E-state index contributed by atoms with van der Waals surface area (Å²) in [7, 11) is 0.543. The molecule has 0 saturated heterocycles. The molecule has 0 unspecified atom stereocenters. The van der Waals surface area contributed by atoms with Gasteiger partial charge in [0.1, 0.15) is 0 Å². The Morgan fingerprint density at radius 1 is 0.842 bits per heavy atom. The van der Waals surface area contributed by atoms with Crippen molar-refractivity contribution in [1.82, 2.24) is 0 Å². The fraction of sp³-hybridized carbons (Fsp3) is 0.818. The SMILES string of the molecule is C=C[Si](OCC)(OCC)OCC.CO[SiH](OC)OC. The second kappa shape index (κ2) is 14.3. The molecule has 0 bridgehead atoms. The molecule has 0 aromatic rings. The molecule has 0 fully saturated rings. The van der Waals surface area contributed by atoms with Crippen LogP contribution >= 0.6 is 0 Å². The first-order chi connectivity index (χ1) is 9.09. The molecule has 0 aliphatic heterocycles. The Labute approximate surface area is 119 Å². The zero-order valence-corrected chi connectivity index (χ0v) is 15.1. The molecule has 0 aromatic heterocycles. The fourth-order valence-corrected chi connectivity index (χ4v) is 3.58. The summed E-state index contributed by atoms with van der Waals surface area (Å²) in [6.07, 6.45) is 0. The lowest BCUT2D eigenvalue weighted by Gasteiger charge is -2.24. The topological polar surface area (TPSA) is 55.4 Å². The normalized spacial score (nSPS) is 11.1. The second-order valence-corrected chi connectivity index (χ2v) is 7.58. The van der Waals surface area contributed by atoms with E-state index in [1.165, 1.54) is 0 Å². The lowest BCUT2D eigenvalue weighted by Crippen LogP contribution is -2.44. The molecule has 0 N–H and O–H groups in total. The summed E-state index contributed by atoms with van der Waals surface area (Å²) in [5.41, 5.74) is 1.67. The van der Waals surface area contributed by atoms with Crippen LogP contribution in [0.15, 0.2) is 12.3 Å². The molecule has 0 aromatic carbocycles. The molecule has 0 atom stereocenters. The van der Waals surface area contributed by atoms with Crippen LogP contribution in [0, 0.1) is 0 Å². The standard InChI is InChI=1S/C8H18O3Si.C3H10O3Si/c1-5-9-12(8-4,10-6-2)11-7-3;1-4-7(5-2)6-3/h8H,4-7H2,1-3H3;7H,1-3H3. The second-order valence-electron chi connectivity index (χ2n) is 3.10. The summed E-state index contributed by atoms with van der Waals surface area (Å²) < 4.78 is 30.5. The van der Waals surface area contributed by atoms with Crippen molar-refractivity contribution < 1.29 is 26.6 Å². The number of hydrogen-bond acceptors (Lipinski definition) is 6. The summed E-state index contributed by atoms with van der Waals surface area (Å²) >= 11 is 0. The van der Waals surface area contributed by atoms with Crippen LogP contribution in [0.25, 0.3) is 0 Å². The summed E-state index contributed by atoms with van der Waals surface area (Å²) in [5, 5.41) is 0. The molecule has 0 radical (unpaired) electrons. The highest BCUT2D eigenvalue weighted by molar-refractivity contribution is 6.66. The minimum atomic E-state index is -2.51. The van der Waals surface area contributed by atoms with E-state index in [9.17, 15) is 0 Å². The highest BCUT2D eigenvalue weighted by Gasteiger charge is 2.36. The van der Waals surface area contributed by atoms with Crippen LogP contribution in [0.5, 0.6) is 0 Å². The maximum Gasteiger partial charge on any atom is 0.528 e. The Bertz CT molecular complexity index is 179. The van der Waals surface area contributed by atoms with Crippen LogP contribution in [0.3, 0.4) is 0 Å². The van der Waals surface area contributed by atoms with Crippen LogP contribution in [0.2, 0.25) is 0 Å². The van der Waals surface area contributed by atoms with Crippen LogP contribution in [-0.2, 0) is 26.6 Å². The van der Waals surface area contributed by atoms with Gasteiger partial charge in [0.25, 0.3) is 0 Å². The third-order valence-corrected chi connectivity index (χ3v) is 5.59. The lowest BCUT2D eigenvalue weighted by molar-refractivity contribution is 0.0844. The average molecular weight is 313 g/mol. The molecule has 0 aliphatic carbocycles. The molecular weight excluding hydrogens is 284 g/mol. The van der Waals surface area contributed by atoms with Gasteiger partial charge in [-0.3, -0.25) is 0 Å². The van der Waals surface area contributed by atoms with Crippen molar-refractivity contribution >= 4 is 18.3 Å². The smallest absolute Gasteiger partial charge is 0.379 e. The minimum Gasteiger partial charge on any atom is -0.379 e. The molecule has 0 spiro atoms. The van der Waals surface area contributed by atoms with Crippen LogP contribution in [0.1, 0.15) is 20.8 Å². The van der Waals surface area contributed by atoms with Crippen molar-refractivity contribution in [2.45, 2.75) is 20.8 Å². The van der Waals surface area contributed by atoms with Crippen LogP contribution < -0.4 is 0 Å². The maximum atomic E-state index is 5.44. The Kier molecular flexibility index (Phi) is 16.0. The van der Waals surface area contributed by atoms with E-state index < -0.39 is 18.3 Å². The molecule has 0 amide bonds. The monoisotopic (exact) mass is 312 g/mol. The maximum absolute atomic E-state index is 5.44. The Hall–Kier alpha value is -0.0662. The van der Waals surface area contributed by atoms with Gasteiger partial charge in [-0.1, -0.05) is 6.58 Å². The zero-order chi connectivity index (χ0) is 15.1. The summed E-state index contributed by atoms with van der Waals surface area (Å²) in [6, 6.07) is 0. The zero-order valence-electron chi connectivity index (χ0n) is 12.9. The van der Waals surface area contributed by atoms with Gasteiger partial charge in [-0.2, -0.15) is 0 Å². The van der Waals surface area contributed by atoms with Gasteiger partial charge >= 0.3 is 18.3 Å². The third kappa shape index (κ3) is 10.4. The first-order valence-corrected chi connectivity index (χ1v) is 9.44. The predicted octanol–water partition coefficient (Wildman–Crippen LogP) is 1.40. The average Bonchev–Trinajstić information content (AvgIpc) is 2.42. The molecule has 19 heavy (non-hydrogen) atoms. The van der Waals surface area contributed by atoms with E-state index in [4.69, 9.17) is 26.6 Å². The molecule has 0 rings (SSSR count). The summed E-state index contributed by atoms with van der Waals surface area (Å²) in [4.78, 5) is 0. The van der Waals surface area contributed by atoms with E-state index >= 15 is 0 Å². The third-order valence-electron chi connectivity index (χ3n) is 1.86. The van der Waals surface area contributed by atoms with Crippen molar-refractivity contribution in [1.29, 1.82) is 0 Å². The molecule has 116 valence electrons. The minimum absolute atomic E-state index is 0.595. The van der Waals surface area contributed by atoms with Gasteiger partial charge in [0.05, 0.1) is 0 Å². The first kappa shape index (κ1) is 21.2. The van der Waals surface area contributed by atoms with Crippen molar-refractivity contribution in [3.63, 3.8) is 0 Å². The molecule has 0 saturated carbocycles. The highest BCUT2D eigenvalue weighted by atomic mass is 28.4. The van der Waals surface area contributed by atoms with E-state index in [-0.39, 0.29) is 0 Å². The molecule has 8 heteroatoms. The Morgan fingerprint density at radius 3 is 1.26 bits per heavy atom. The van der Waals surface area contributed by atoms with E-state index in [1.807, 2.05) is 20.8 Å². The van der Waals surface area contributed by atoms with Crippen molar-refractivity contribution in [3.8, 4) is 0 Å². The fourth-order valence-electron chi connectivity index (χ4n) is 1.19. The van der Waals surface area contributed by atoms with Gasteiger partial charge < -0.3 is 26.6 Å². The van der Waals surface area contributed by atoms with Gasteiger partial charge in [-0.15, -0.1) is 0 Å². The van der Waals surface area contributed by atoms with E-state index in [0.29, 0.717) is 19.8 Å². The Balaban J connectivity index is 0. The summed E-state index contributed by atoms with van der Waals surface area (Å²) in [6.45, 7) is 11.2. The van der Waals surface area contributed by atoms with Crippen molar-refractivity contribution in [3.05, 3.63) is 12.3 Å². The summed E-state index contributed by atoms with van der Waals surface area (Å²) in [5.74, 6) is 0. The predicted molar refractivity (Wildman–Crippen MR) is 79.0 cm³/mol. The molecular formula is C11H28O6Si2. The molecule has 6 nitrogen and oxygen atoms in total. The quantitative estimate of drug-likeness (QED) is 0.568. The lowest BCUT2D eigenvalue weighted by atomic mass is 10.9. The van der Waals surface area contributed by atoms with E-state index in [2.05, 4.69) is 6.58 Å². The number of rotatable bonds is 10. The largest absolute Gasteiger partial charge is 0.528 e. The van der Waals surface area contributed by atoms with Gasteiger partial charge in [-0.05, 0) is 26.5 Å². The van der Waals surface area contributed by atoms with Gasteiger partial charge in [0.15, 0.2) is 0 Å².